The van der Waals surface area contributed by atoms with Crippen molar-refractivity contribution in [2.24, 2.45) is 28.6 Å². The maximum Gasteiger partial charge on any atom is 0.315 e. The quantitative estimate of drug-likeness (QED) is 0.256. The van der Waals surface area contributed by atoms with Gasteiger partial charge in [0.2, 0.25) is 0 Å². The van der Waals surface area contributed by atoms with Gasteiger partial charge in [-0.3, -0.25) is 18.6 Å². The van der Waals surface area contributed by atoms with Crippen molar-refractivity contribution in [2.75, 3.05) is 13.4 Å². The summed E-state index contributed by atoms with van der Waals surface area (Å²) in [5, 5.41) is 0. The minimum absolute atomic E-state index is 0.160. The van der Waals surface area contributed by atoms with Crippen LogP contribution in [0.5, 0.6) is 0 Å². The highest BCUT2D eigenvalue weighted by Gasteiger charge is 2.85. The predicted molar refractivity (Wildman–Crippen MR) is 113 cm³/mol. The third-order valence-corrected chi connectivity index (χ3v) is 9.90. The lowest BCUT2D eigenvalue weighted by Crippen LogP contribution is -2.54. The zero-order valence-electron chi connectivity index (χ0n) is 19.3. The van der Waals surface area contributed by atoms with Crippen molar-refractivity contribution in [2.45, 2.75) is 69.7 Å². The molecule has 5 fully saturated rings. The lowest BCUT2D eigenvalue weighted by Gasteiger charge is -2.46. The van der Waals surface area contributed by atoms with Crippen LogP contribution < -0.4 is 0 Å². The molecule has 33 heavy (non-hydrogen) atoms. The first-order chi connectivity index (χ1) is 15.3. The molecule has 2 unspecified atom stereocenters. The molecule has 10 heteroatoms. The van der Waals surface area contributed by atoms with Gasteiger partial charge in [0.15, 0.2) is 0 Å². The summed E-state index contributed by atoms with van der Waals surface area (Å²) in [7, 11) is -2.54. The lowest BCUT2D eigenvalue weighted by molar-refractivity contribution is -0.169. The number of fused-ring (bicyclic) bond motifs is 1. The molecule has 1 saturated heterocycles. The molecule has 4 aliphatic carbocycles. The number of hydrogen-bond donors (Lipinski definition) is 0. The van der Waals surface area contributed by atoms with Crippen molar-refractivity contribution in [3.63, 3.8) is 0 Å². The van der Waals surface area contributed by atoms with Crippen molar-refractivity contribution in [1.82, 2.24) is 0 Å². The number of carbonyl (C=O) groups excluding carboxylic acids is 3. The van der Waals surface area contributed by atoms with Crippen LogP contribution in [0.1, 0.15) is 52.4 Å². The Bertz CT molecular complexity index is 1080. The number of methoxy groups -OCH3 is 1. The highest BCUT2D eigenvalue weighted by molar-refractivity contribution is 7.86. The van der Waals surface area contributed by atoms with Crippen LogP contribution in [0.2, 0.25) is 0 Å². The summed E-state index contributed by atoms with van der Waals surface area (Å²) in [5.74, 6) is -2.93. The summed E-state index contributed by atoms with van der Waals surface area (Å²) >= 11 is 0. The zero-order chi connectivity index (χ0) is 24.2. The normalized spacial score (nSPS) is 47.5. The number of carbonyl (C=O) groups is 3. The minimum Gasteiger partial charge on any atom is -0.469 e. The molecular weight excluding hydrogens is 452 g/mol. The van der Waals surface area contributed by atoms with Crippen molar-refractivity contribution < 1.29 is 41.2 Å². The summed E-state index contributed by atoms with van der Waals surface area (Å²) in [6, 6.07) is 0. The largest absolute Gasteiger partial charge is 0.469 e. The average molecular weight is 483 g/mol. The Kier molecular flexibility index (Phi) is 4.56. The first-order valence-corrected chi connectivity index (χ1v) is 13.1. The summed E-state index contributed by atoms with van der Waals surface area (Å²) < 4.78 is 46.7. The number of hydrogen-bond acceptors (Lipinski definition) is 9. The summed E-state index contributed by atoms with van der Waals surface area (Å²) in [6.07, 6.45) is 2.73. The van der Waals surface area contributed by atoms with Crippen LogP contribution in [-0.4, -0.2) is 57.0 Å². The van der Waals surface area contributed by atoms with E-state index in [-0.39, 0.29) is 5.92 Å². The Morgan fingerprint density at radius 2 is 1.91 bits per heavy atom. The van der Waals surface area contributed by atoms with Gasteiger partial charge in [-0.2, -0.15) is 8.42 Å². The topological polar surface area (TPSA) is 122 Å². The van der Waals surface area contributed by atoms with Gasteiger partial charge in [-0.15, -0.1) is 0 Å². The molecule has 5 rings (SSSR count). The van der Waals surface area contributed by atoms with E-state index in [0.717, 1.165) is 11.8 Å². The van der Waals surface area contributed by atoms with E-state index in [9.17, 15) is 22.8 Å². The van der Waals surface area contributed by atoms with Crippen LogP contribution in [0.25, 0.3) is 0 Å². The van der Waals surface area contributed by atoms with E-state index in [0.29, 0.717) is 38.5 Å². The van der Waals surface area contributed by atoms with Crippen molar-refractivity contribution >= 4 is 28.0 Å². The monoisotopic (exact) mass is 482 g/mol. The van der Waals surface area contributed by atoms with E-state index in [2.05, 4.69) is 6.58 Å². The van der Waals surface area contributed by atoms with Gasteiger partial charge in [-0.1, -0.05) is 6.58 Å². The average Bonchev–Trinajstić information content (AvgIpc) is 3.13. The van der Waals surface area contributed by atoms with Crippen molar-refractivity contribution in [3.05, 3.63) is 12.2 Å². The van der Waals surface area contributed by atoms with E-state index >= 15 is 0 Å². The van der Waals surface area contributed by atoms with E-state index < -0.39 is 68.0 Å². The molecule has 4 bridgehead atoms. The fourth-order valence-electron chi connectivity index (χ4n) is 8.51. The SMILES string of the molecule is C=C1C[C@]23C[C@@]1(OC(C)=O)CCC2[C@@]12CC[C@@H](OS(C)(=O)=O)[C@](C)(C(=O)O1)C2[C@@H]3C(=O)OC. The van der Waals surface area contributed by atoms with Crippen LogP contribution >= 0.6 is 0 Å². The molecule has 1 heterocycles. The first kappa shape index (κ1) is 22.8. The number of ether oxygens (including phenoxy) is 3. The molecule has 0 aromatic carbocycles. The molecule has 1 aliphatic heterocycles. The van der Waals surface area contributed by atoms with Gasteiger partial charge in [-0.05, 0) is 56.4 Å². The number of rotatable bonds is 4. The molecule has 5 aliphatic rings. The van der Waals surface area contributed by atoms with E-state index in [1.165, 1.54) is 14.0 Å². The molecule has 1 spiro atoms. The second kappa shape index (κ2) is 6.59. The van der Waals surface area contributed by atoms with Gasteiger partial charge < -0.3 is 14.2 Å². The highest BCUT2D eigenvalue weighted by Crippen LogP contribution is 2.79. The molecule has 9 nitrogen and oxygen atoms in total. The molecule has 0 aromatic rings. The molecule has 0 N–H and O–H groups in total. The molecule has 8 atom stereocenters. The Balaban J connectivity index is 1.68. The Morgan fingerprint density at radius 1 is 1.21 bits per heavy atom. The summed E-state index contributed by atoms with van der Waals surface area (Å²) in [5.41, 5.74) is -3.01. The molecule has 0 amide bonds. The Labute approximate surface area is 193 Å². The van der Waals surface area contributed by atoms with Crippen LogP contribution in [-0.2, 0) is 42.9 Å². The first-order valence-electron chi connectivity index (χ1n) is 11.3. The number of esters is 3. The van der Waals surface area contributed by atoms with E-state index in [1.807, 2.05) is 0 Å². The highest BCUT2D eigenvalue weighted by atomic mass is 32.2. The van der Waals surface area contributed by atoms with Gasteiger partial charge >= 0.3 is 17.9 Å². The van der Waals surface area contributed by atoms with Crippen LogP contribution in [0.3, 0.4) is 0 Å². The zero-order valence-corrected chi connectivity index (χ0v) is 20.2. The van der Waals surface area contributed by atoms with Gasteiger partial charge in [0.25, 0.3) is 10.1 Å². The molecule has 182 valence electrons. The van der Waals surface area contributed by atoms with Gasteiger partial charge in [0, 0.05) is 18.8 Å². The van der Waals surface area contributed by atoms with Gasteiger partial charge in [0.1, 0.15) is 16.6 Å². The second-order valence-electron chi connectivity index (χ2n) is 10.8. The summed E-state index contributed by atoms with van der Waals surface area (Å²) in [6.45, 7) is 7.25. The second-order valence-corrected chi connectivity index (χ2v) is 12.4. The van der Waals surface area contributed by atoms with Gasteiger partial charge in [-0.25, -0.2) is 0 Å². The summed E-state index contributed by atoms with van der Waals surface area (Å²) in [4.78, 5) is 38.7. The minimum atomic E-state index is -3.85. The molecule has 0 radical (unpaired) electrons. The standard InChI is InChI=1S/C23H30O9S/c1-12-10-21-11-22(12,30-13(2)24)8-6-14(21)23-9-7-15(32-33(5,27)28)20(3,19(26)31-23)17(23)16(21)18(25)29-4/h14-17H,1,6-11H2,2-5H3/t14?,15-,16-,17?,20+,21+,22+,23-/m1/s1. The third kappa shape index (κ3) is 2.68. The van der Waals surface area contributed by atoms with Crippen LogP contribution in [0.15, 0.2) is 12.2 Å². The Hall–Kier alpha value is -1.94. The molecule has 0 aromatic heterocycles. The van der Waals surface area contributed by atoms with Crippen LogP contribution in [0.4, 0.5) is 0 Å². The van der Waals surface area contributed by atoms with E-state index in [1.54, 1.807) is 6.92 Å². The van der Waals surface area contributed by atoms with Crippen molar-refractivity contribution in [1.29, 1.82) is 0 Å². The van der Waals surface area contributed by atoms with Gasteiger partial charge in [0.05, 0.1) is 25.4 Å². The molecular formula is C23H30O9S. The van der Waals surface area contributed by atoms with E-state index in [4.69, 9.17) is 18.4 Å². The smallest absolute Gasteiger partial charge is 0.315 e. The lowest BCUT2D eigenvalue weighted by atomic mass is 9.59. The fourth-order valence-corrected chi connectivity index (χ4v) is 9.23. The maximum atomic E-state index is 13.4. The van der Waals surface area contributed by atoms with Crippen LogP contribution in [0, 0.1) is 28.6 Å². The third-order valence-electron chi connectivity index (χ3n) is 9.32. The predicted octanol–water partition coefficient (Wildman–Crippen LogP) is 1.89. The maximum absolute atomic E-state index is 13.4. The fraction of sp³-hybridized carbons (Fsp3) is 0.783. The Morgan fingerprint density at radius 3 is 2.52 bits per heavy atom. The molecule has 4 saturated carbocycles. The van der Waals surface area contributed by atoms with Crippen molar-refractivity contribution in [3.8, 4) is 0 Å².